The number of nitrogens with zero attached hydrogens (tertiary/aromatic N) is 2. The molecule has 0 unspecified atom stereocenters. The van der Waals surface area contributed by atoms with Crippen LogP contribution in [0.15, 0.2) is 35.3 Å². The van der Waals surface area contributed by atoms with Gasteiger partial charge in [-0.25, -0.2) is 4.79 Å². The smallest absolute Gasteiger partial charge is 0.330 e. The number of carbonyl (C=O) groups is 3. The predicted octanol–water partition coefficient (Wildman–Crippen LogP) is 0.799. The summed E-state index contributed by atoms with van der Waals surface area (Å²) in [6, 6.07) is 9.96. The monoisotopic (exact) mass is 385 g/mol. The third-order valence-corrected chi connectivity index (χ3v) is 5.43. The van der Waals surface area contributed by atoms with Crippen LogP contribution in [-0.4, -0.2) is 54.6 Å². The van der Waals surface area contributed by atoms with Crippen LogP contribution in [0.3, 0.4) is 0 Å². The summed E-state index contributed by atoms with van der Waals surface area (Å²) in [6.45, 7) is 5.36. The average molecular weight is 385 g/mol. The van der Waals surface area contributed by atoms with Crippen LogP contribution in [0.4, 0.5) is 4.79 Å². The summed E-state index contributed by atoms with van der Waals surface area (Å²) >= 11 is 0. The van der Waals surface area contributed by atoms with E-state index in [-0.39, 0.29) is 6.04 Å². The van der Waals surface area contributed by atoms with Gasteiger partial charge < -0.3 is 4.90 Å². The molecule has 0 aromatic heterocycles. The standard InChI is InChI=1S/C21H28N4O3/c1-2-3-11-25-20(27)18(19(26)23-21(25)28)14-22-17-9-12-24(13-10-17)15-16-7-5-4-6-8-16/h4-8,14,17-18H,2-3,9-13,15H2,1H3,(H,23,26,28)/p+1/t18-/m0/s1. The number of likely N-dealkylation sites (tertiary alicyclic amines) is 1. The SMILES string of the molecule is CCCCN1C(=O)NC(=O)[C@H](C=NC2CC[NH+](Cc3ccccc3)CC2)C1=O. The normalized spacial score (nSPS) is 26.0. The van der Waals surface area contributed by atoms with E-state index in [4.69, 9.17) is 0 Å². The summed E-state index contributed by atoms with van der Waals surface area (Å²) in [4.78, 5) is 43.7. The molecule has 0 aliphatic carbocycles. The quantitative estimate of drug-likeness (QED) is 0.538. The lowest BCUT2D eigenvalue weighted by Gasteiger charge is -2.29. The average Bonchev–Trinajstić information content (AvgIpc) is 2.69. The second-order valence-electron chi connectivity index (χ2n) is 7.56. The number of quaternary nitrogens is 1. The van der Waals surface area contributed by atoms with Gasteiger partial charge in [-0.15, -0.1) is 0 Å². The van der Waals surface area contributed by atoms with Crippen molar-refractivity contribution in [3.05, 3.63) is 35.9 Å². The van der Waals surface area contributed by atoms with Crippen LogP contribution in [0.2, 0.25) is 0 Å². The van der Waals surface area contributed by atoms with Crippen LogP contribution < -0.4 is 10.2 Å². The van der Waals surface area contributed by atoms with Gasteiger partial charge in [0.1, 0.15) is 6.54 Å². The van der Waals surface area contributed by atoms with E-state index in [9.17, 15) is 14.4 Å². The first-order valence-electron chi connectivity index (χ1n) is 10.2. The number of urea groups is 1. The topological polar surface area (TPSA) is 83.3 Å². The molecule has 1 aromatic carbocycles. The van der Waals surface area contributed by atoms with E-state index >= 15 is 0 Å². The zero-order chi connectivity index (χ0) is 19.9. The highest BCUT2D eigenvalue weighted by Gasteiger charge is 2.39. The number of hydrogen-bond donors (Lipinski definition) is 2. The van der Waals surface area contributed by atoms with Gasteiger partial charge in [0.05, 0.1) is 19.1 Å². The summed E-state index contributed by atoms with van der Waals surface area (Å²) < 4.78 is 0. The first-order valence-corrected chi connectivity index (χ1v) is 10.2. The van der Waals surface area contributed by atoms with Crippen molar-refractivity contribution < 1.29 is 19.3 Å². The van der Waals surface area contributed by atoms with Crippen molar-refractivity contribution in [1.29, 1.82) is 0 Å². The van der Waals surface area contributed by atoms with Crippen molar-refractivity contribution in [1.82, 2.24) is 10.2 Å². The molecule has 3 rings (SSSR count). The minimum Gasteiger partial charge on any atom is -0.331 e. The maximum Gasteiger partial charge on any atom is 0.330 e. The number of carbonyl (C=O) groups excluding carboxylic acids is 3. The number of aliphatic imine (C=N–C) groups is 1. The number of rotatable bonds is 7. The maximum atomic E-state index is 12.5. The van der Waals surface area contributed by atoms with Crippen LogP contribution in [0.5, 0.6) is 0 Å². The van der Waals surface area contributed by atoms with Gasteiger partial charge in [0.15, 0.2) is 5.92 Å². The molecular weight excluding hydrogens is 356 g/mol. The Balaban J connectivity index is 1.52. The first-order chi connectivity index (χ1) is 13.6. The second kappa shape index (κ2) is 9.59. The third kappa shape index (κ3) is 5.04. The fourth-order valence-corrected chi connectivity index (χ4v) is 3.72. The molecular formula is C21H29N4O3+. The number of barbiturate groups is 1. The van der Waals surface area contributed by atoms with Crippen molar-refractivity contribution >= 4 is 24.1 Å². The zero-order valence-corrected chi connectivity index (χ0v) is 16.4. The van der Waals surface area contributed by atoms with E-state index in [1.165, 1.54) is 16.7 Å². The molecule has 4 amide bonds. The Hall–Kier alpha value is -2.54. The van der Waals surface area contributed by atoms with Crippen molar-refractivity contribution in [3.8, 4) is 0 Å². The Bertz CT molecular complexity index is 726. The Morgan fingerprint density at radius 2 is 1.89 bits per heavy atom. The summed E-state index contributed by atoms with van der Waals surface area (Å²) in [5.74, 6) is -2.03. The Kier molecular flexibility index (Phi) is 6.92. The van der Waals surface area contributed by atoms with Gasteiger partial charge in [-0.2, -0.15) is 0 Å². The molecule has 2 heterocycles. The molecule has 2 aliphatic heterocycles. The molecule has 28 heavy (non-hydrogen) atoms. The van der Waals surface area contributed by atoms with Crippen molar-refractivity contribution in [3.63, 3.8) is 0 Å². The predicted molar refractivity (Wildman–Crippen MR) is 106 cm³/mol. The molecule has 150 valence electrons. The summed E-state index contributed by atoms with van der Waals surface area (Å²) in [6.07, 6.45) is 4.91. The molecule has 0 saturated carbocycles. The number of hydrogen-bond acceptors (Lipinski definition) is 4. The fraction of sp³-hybridized carbons (Fsp3) is 0.524. The first kappa shape index (κ1) is 20.2. The highest BCUT2D eigenvalue weighted by atomic mass is 16.2. The molecule has 1 aromatic rings. The van der Waals surface area contributed by atoms with Crippen LogP contribution in [0, 0.1) is 5.92 Å². The third-order valence-electron chi connectivity index (χ3n) is 5.43. The number of nitrogens with one attached hydrogen (secondary N) is 2. The van der Waals surface area contributed by atoms with Crippen LogP contribution in [-0.2, 0) is 16.1 Å². The Morgan fingerprint density at radius 1 is 1.18 bits per heavy atom. The summed E-state index contributed by atoms with van der Waals surface area (Å²) in [5, 5.41) is 2.27. The van der Waals surface area contributed by atoms with E-state index in [0.29, 0.717) is 6.54 Å². The minimum atomic E-state index is -0.996. The Labute approximate surface area is 165 Å². The lowest BCUT2D eigenvalue weighted by molar-refractivity contribution is -0.918. The van der Waals surface area contributed by atoms with Gasteiger partial charge in [-0.05, 0) is 6.42 Å². The lowest BCUT2D eigenvalue weighted by Crippen LogP contribution is -3.12. The van der Waals surface area contributed by atoms with Gasteiger partial charge in [-0.1, -0.05) is 43.7 Å². The molecule has 2 aliphatic rings. The molecule has 0 radical (unpaired) electrons. The number of imide groups is 2. The number of amides is 4. The summed E-state index contributed by atoms with van der Waals surface area (Å²) in [5.41, 5.74) is 1.33. The molecule has 1 atom stereocenters. The van der Waals surface area contributed by atoms with Gasteiger partial charge in [-0.3, -0.25) is 24.8 Å². The van der Waals surface area contributed by atoms with Gasteiger partial charge in [0, 0.05) is 31.2 Å². The number of piperidine rings is 1. The maximum absolute atomic E-state index is 12.5. The van der Waals surface area contributed by atoms with Crippen LogP contribution in [0.25, 0.3) is 0 Å². The molecule has 2 fully saturated rings. The zero-order valence-electron chi connectivity index (χ0n) is 16.4. The highest BCUT2D eigenvalue weighted by Crippen LogP contribution is 2.12. The largest absolute Gasteiger partial charge is 0.331 e. The van der Waals surface area contributed by atoms with Crippen LogP contribution in [0.1, 0.15) is 38.2 Å². The van der Waals surface area contributed by atoms with E-state index in [0.717, 1.165) is 50.2 Å². The van der Waals surface area contributed by atoms with Gasteiger partial charge in [0.2, 0.25) is 11.8 Å². The highest BCUT2D eigenvalue weighted by molar-refractivity contribution is 6.23. The van der Waals surface area contributed by atoms with E-state index in [1.54, 1.807) is 0 Å². The number of benzene rings is 1. The second-order valence-corrected chi connectivity index (χ2v) is 7.56. The van der Waals surface area contributed by atoms with Crippen molar-refractivity contribution in [2.75, 3.05) is 19.6 Å². The molecule has 0 bridgehead atoms. The Morgan fingerprint density at radius 3 is 2.57 bits per heavy atom. The fourth-order valence-electron chi connectivity index (χ4n) is 3.72. The minimum absolute atomic E-state index is 0.127. The molecule has 7 nitrogen and oxygen atoms in total. The molecule has 2 saturated heterocycles. The van der Waals surface area contributed by atoms with E-state index in [2.05, 4.69) is 34.6 Å². The van der Waals surface area contributed by atoms with Crippen molar-refractivity contribution in [2.45, 2.75) is 45.2 Å². The lowest BCUT2D eigenvalue weighted by atomic mass is 10.0. The molecule has 2 N–H and O–H groups in total. The number of unbranched alkanes of at least 4 members (excludes halogenated alkanes) is 1. The molecule has 0 spiro atoms. The van der Waals surface area contributed by atoms with Crippen molar-refractivity contribution in [2.24, 2.45) is 10.9 Å². The van der Waals surface area contributed by atoms with Gasteiger partial charge in [0.25, 0.3) is 0 Å². The van der Waals surface area contributed by atoms with Crippen LogP contribution >= 0.6 is 0 Å². The van der Waals surface area contributed by atoms with E-state index < -0.39 is 23.8 Å². The van der Waals surface area contributed by atoms with E-state index in [1.807, 2.05) is 13.0 Å². The molecule has 7 heteroatoms. The van der Waals surface area contributed by atoms with Gasteiger partial charge >= 0.3 is 6.03 Å². The summed E-state index contributed by atoms with van der Waals surface area (Å²) in [7, 11) is 0.